The van der Waals surface area contributed by atoms with Gasteiger partial charge in [-0.15, -0.1) is 12.4 Å². The molecule has 1 saturated carbocycles. The van der Waals surface area contributed by atoms with E-state index in [9.17, 15) is 4.79 Å². The fourth-order valence-electron chi connectivity index (χ4n) is 2.34. The fraction of sp³-hybridized carbons (Fsp3) is 0.538. The van der Waals surface area contributed by atoms with Gasteiger partial charge in [-0.05, 0) is 23.0 Å². The van der Waals surface area contributed by atoms with Gasteiger partial charge < -0.3 is 11.1 Å². The molecule has 0 radical (unpaired) electrons. The summed E-state index contributed by atoms with van der Waals surface area (Å²) in [4.78, 5) is 16.0. The molecule has 3 N–H and O–H groups in total. The van der Waals surface area contributed by atoms with Gasteiger partial charge in [0.25, 0.3) is 5.91 Å². The number of halogens is 1. The molecular formula is C13H20ClN3O. The summed E-state index contributed by atoms with van der Waals surface area (Å²) in [5.74, 6) is 0.216. The number of carbonyl (C=O) groups is 1. The number of nitrogens with zero attached hydrogens (tertiary/aromatic N) is 1. The highest BCUT2D eigenvalue weighted by molar-refractivity contribution is 5.93. The van der Waals surface area contributed by atoms with E-state index >= 15 is 0 Å². The lowest BCUT2D eigenvalue weighted by Gasteiger charge is -2.06. The van der Waals surface area contributed by atoms with E-state index in [0.717, 1.165) is 0 Å². The normalized spacial score (nSPS) is 19.8. The van der Waals surface area contributed by atoms with Crippen LogP contribution in [0.25, 0.3) is 0 Å². The Hall–Kier alpha value is -1.29. The maximum atomic E-state index is 12.0. The van der Waals surface area contributed by atoms with Crippen LogP contribution in [0.3, 0.4) is 0 Å². The van der Waals surface area contributed by atoms with Crippen molar-refractivity contribution < 1.29 is 4.79 Å². The van der Waals surface area contributed by atoms with Crippen molar-refractivity contribution in [3.8, 4) is 0 Å². The second kappa shape index (κ2) is 4.43. The van der Waals surface area contributed by atoms with Crippen molar-refractivity contribution in [3.05, 3.63) is 23.9 Å². The van der Waals surface area contributed by atoms with Crippen LogP contribution in [0.2, 0.25) is 0 Å². The summed E-state index contributed by atoms with van der Waals surface area (Å²) >= 11 is 0. The van der Waals surface area contributed by atoms with E-state index in [0.29, 0.717) is 11.5 Å². The highest BCUT2D eigenvalue weighted by Crippen LogP contribution is 2.62. The van der Waals surface area contributed by atoms with Gasteiger partial charge in [0.1, 0.15) is 11.5 Å². The van der Waals surface area contributed by atoms with E-state index in [2.05, 4.69) is 38.0 Å². The van der Waals surface area contributed by atoms with Gasteiger partial charge in [0, 0.05) is 6.04 Å². The minimum atomic E-state index is -0.152. The van der Waals surface area contributed by atoms with E-state index in [4.69, 9.17) is 5.73 Å². The summed E-state index contributed by atoms with van der Waals surface area (Å²) in [7, 11) is 0. The van der Waals surface area contributed by atoms with E-state index in [1.54, 1.807) is 18.2 Å². The zero-order valence-electron chi connectivity index (χ0n) is 11.2. The molecule has 5 heteroatoms. The molecule has 1 aliphatic rings. The molecule has 4 nitrogen and oxygen atoms in total. The molecule has 1 aliphatic carbocycles. The van der Waals surface area contributed by atoms with Crippen molar-refractivity contribution >= 4 is 24.1 Å². The van der Waals surface area contributed by atoms with Crippen molar-refractivity contribution in [1.82, 2.24) is 10.3 Å². The highest BCUT2D eigenvalue weighted by Gasteiger charge is 2.65. The lowest BCUT2D eigenvalue weighted by Crippen LogP contribution is -2.30. The Morgan fingerprint density at radius 2 is 1.83 bits per heavy atom. The molecular weight excluding hydrogens is 250 g/mol. The number of pyridine rings is 1. The van der Waals surface area contributed by atoms with Crippen molar-refractivity contribution in [2.75, 3.05) is 5.73 Å². The maximum Gasteiger partial charge on any atom is 0.270 e. The highest BCUT2D eigenvalue weighted by atomic mass is 35.5. The van der Waals surface area contributed by atoms with Gasteiger partial charge in [-0.2, -0.15) is 0 Å². The molecule has 2 rings (SSSR count). The van der Waals surface area contributed by atoms with Gasteiger partial charge in [-0.1, -0.05) is 33.8 Å². The summed E-state index contributed by atoms with van der Waals surface area (Å²) in [6, 6.07) is 5.27. The molecule has 1 amide bonds. The number of aromatic nitrogens is 1. The smallest absolute Gasteiger partial charge is 0.270 e. The largest absolute Gasteiger partial charge is 0.384 e. The SMILES string of the molecule is CC1(C)C(NC(=O)c2cccc(N)n2)C1(C)C.Cl. The molecule has 0 bridgehead atoms. The van der Waals surface area contributed by atoms with Gasteiger partial charge in [0.2, 0.25) is 0 Å². The second-order valence-corrected chi connectivity index (χ2v) is 5.80. The third-order valence-corrected chi connectivity index (χ3v) is 4.30. The first kappa shape index (κ1) is 14.8. The van der Waals surface area contributed by atoms with Crippen LogP contribution >= 0.6 is 12.4 Å². The molecule has 0 saturated heterocycles. The van der Waals surface area contributed by atoms with E-state index in [-0.39, 0.29) is 35.2 Å². The van der Waals surface area contributed by atoms with Crippen LogP contribution in [0.1, 0.15) is 38.2 Å². The first-order valence-electron chi connectivity index (χ1n) is 5.80. The minimum absolute atomic E-state index is 0. The standard InChI is InChI=1S/C13H19N3O.ClH/c1-12(2)11(13(12,3)4)16-10(17)8-6-5-7-9(14)15-8;/h5-7,11H,1-4H3,(H2,14,15)(H,16,17);1H. The number of nitrogens with two attached hydrogens (primary N) is 1. The number of carbonyl (C=O) groups excluding carboxylic acids is 1. The second-order valence-electron chi connectivity index (χ2n) is 5.80. The molecule has 100 valence electrons. The molecule has 1 fully saturated rings. The molecule has 0 spiro atoms. The lowest BCUT2D eigenvalue weighted by molar-refractivity contribution is 0.0939. The van der Waals surface area contributed by atoms with Gasteiger partial charge >= 0.3 is 0 Å². The van der Waals surface area contributed by atoms with E-state index in [1.807, 2.05) is 0 Å². The number of hydrogen-bond acceptors (Lipinski definition) is 3. The molecule has 18 heavy (non-hydrogen) atoms. The first-order chi connectivity index (χ1) is 7.76. The molecule has 1 aromatic rings. The minimum Gasteiger partial charge on any atom is -0.384 e. The lowest BCUT2D eigenvalue weighted by atomic mass is 10.0. The van der Waals surface area contributed by atoms with Crippen molar-refractivity contribution in [2.45, 2.75) is 33.7 Å². The van der Waals surface area contributed by atoms with E-state index in [1.165, 1.54) is 0 Å². The molecule has 0 atom stereocenters. The van der Waals surface area contributed by atoms with Gasteiger partial charge in [-0.25, -0.2) is 4.98 Å². The number of amides is 1. The van der Waals surface area contributed by atoms with Crippen LogP contribution < -0.4 is 11.1 Å². The van der Waals surface area contributed by atoms with Crippen molar-refractivity contribution in [1.29, 1.82) is 0 Å². The molecule has 0 aromatic carbocycles. The molecule has 0 aliphatic heterocycles. The number of hydrogen-bond donors (Lipinski definition) is 2. The summed E-state index contributed by atoms with van der Waals surface area (Å²) in [6.45, 7) is 8.63. The van der Waals surface area contributed by atoms with Crippen LogP contribution in [-0.4, -0.2) is 16.9 Å². The topological polar surface area (TPSA) is 68.0 Å². The monoisotopic (exact) mass is 269 g/mol. The van der Waals surface area contributed by atoms with Crippen molar-refractivity contribution in [2.24, 2.45) is 10.8 Å². The number of nitrogens with one attached hydrogen (secondary N) is 1. The zero-order valence-corrected chi connectivity index (χ0v) is 12.0. The maximum absolute atomic E-state index is 12.0. The zero-order chi connectivity index (χ0) is 12.8. The van der Waals surface area contributed by atoms with E-state index < -0.39 is 0 Å². The van der Waals surface area contributed by atoms with Crippen molar-refractivity contribution in [3.63, 3.8) is 0 Å². The number of rotatable bonds is 2. The van der Waals surface area contributed by atoms with Gasteiger partial charge in [0.15, 0.2) is 0 Å². The summed E-state index contributed by atoms with van der Waals surface area (Å²) in [6.07, 6.45) is 0. The van der Waals surface area contributed by atoms with Crippen LogP contribution in [0.15, 0.2) is 18.2 Å². The van der Waals surface area contributed by atoms with Crippen LogP contribution in [0.4, 0.5) is 5.82 Å². The average molecular weight is 270 g/mol. The Morgan fingerprint density at radius 3 is 2.28 bits per heavy atom. The molecule has 0 unspecified atom stereocenters. The van der Waals surface area contributed by atoms with Crippen LogP contribution in [-0.2, 0) is 0 Å². The molecule has 1 heterocycles. The van der Waals surface area contributed by atoms with Crippen LogP contribution in [0.5, 0.6) is 0 Å². The number of anilines is 1. The third kappa shape index (κ3) is 2.17. The average Bonchev–Trinajstić information content (AvgIpc) is 2.61. The third-order valence-electron chi connectivity index (χ3n) is 4.30. The Morgan fingerprint density at radius 1 is 1.28 bits per heavy atom. The predicted molar refractivity (Wildman–Crippen MR) is 74.7 cm³/mol. The summed E-state index contributed by atoms with van der Waals surface area (Å²) < 4.78 is 0. The molecule has 1 aromatic heterocycles. The first-order valence-corrected chi connectivity index (χ1v) is 5.80. The predicted octanol–water partition coefficient (Wildman–Crippen LogP) is 2.25. The Bertz CT molecular complexity index is 457. The fourth-order valence-corrected chi connectivity index (χ4v) is 2.34. The number of nitrogen functional groups attached to an aromatic ring is 1. The Kier molecular flexibility index (Phi) is 3.63. The summed E-state index contributed by atoms with van der Waals surface area (Å²) in [5.41, 5.74) is 6.19. The summed E-state index contributed by atoms with van der Waals surface area (Å²) in [5, 5.41) is 3.02. The Labute approximate surface area is 114 Å². The van der Waals surface area contributed by atoms with Gasteiger partial charge in [0.05, 0.1) is 0 Å². The van der Waals surface area contributed by atoms with Crippen LogP contribution in [0, 0.1) is 10.8 Å². The Balaban J connectivity index is 0.00000162. The quantitative estimate of drug-likeness (QED) is 0.865. The van der Waals surface area contributed by atoms with Gasteiger partial charge in [-0.3, -0.25) is 4.79 Å².